The van der Waals surface area contributed by atoms with E-state index in [-0.39, 0.29) is 23.9 Å². The topological polar surface area (TPSA) is 98.0 Å². The lowest BCUT2D eigenvalue weighted by atomic mass is 10.0. The minimum atomic E-state index is 0.0288. The fourth-order valence-corrected chi connectivity index (χ4v) is 7.87. The molecule has 2 saturated heterocycles. The van der Waals surface area contributed by atoms with Gasteiger partial charge in [0.2, 0.25) is 11.8 Å². The van der Waals surface area contributed by atoms with E-state index < -0.39 is 0 Å². The van der Waals surface area contributed by atoms with E-state index in [0.29, 0.717) is 54.3 Å². The molecular formula is C38H42N6O2. The number of carbonyl (C=O) groups excluding carboxylic acids is 2. The molecule has 8 heteroatoms. The van der Waals surface area contributed by atoms with Crippen LogP contribution in [-0.2, 0) is 9.59 Å². The second kappa shape index (κ2) is 11.2. The smallest absolute Gasteiger partial charge is 0.223 e. The lowest BCUT2D eigenvalue weighted by Crippen LogP contribution is -2.34. The Bertz CT molecular complexity index is 1890. The third-order valence-corrected chi connectivity index (χ3v) is 10.2. The van der Waals surface area contributed by atoms with Crippen LogP contribution in [0.25, 0.3) is 22.0 Å². The maximum Gasteiger partial charge on any atom is 0.223 e. The van der Waals surface area contributed by atoms with E-state index in [4.69, 9.17) is 9.97 Å². The van der Waals surface area contributed by atoms with Gasteiger partial charge in [-0.1, -0.05) is 51.8 Å². The summed E-state index contributed by atoms with van der Waals surface area (Å²) in [6.07, 6.45) is 9.25. The number of hydrogen-bond donors (Lipinski definition) is 2. The number of benzene rings is 2. The molecule has 4 fully saturated rings. The number of carbonyl (C=O) groups is 2. The highest BCUT2D eigenvalue weighted by Crippen LogP contribution is 2.54. The van der Waals surface area contributed by atoms with Crippen LogP contribution in [0.5, 0.6) is 0 Å². The molecule has 4 heterocycles. The SMILES string of the molecule is CC(C)CC(=O)N1[C@@H]2C[C@@H]2C[C@H]1c1nc(C#Cc2ccc3cc(-c4c[nH]c([C@@H]5C[C@H]6C[C@H]6N5C(=O)CC(C)C)n4)ccc3c2)c[nH]1. The average molecular weight is 615 g/mol. The molecule has 2 aliphatic heterocycles. The Morgan fingerprint density at radius 1 is 0.761 bits per heavy atom. The molecule has 2 amide bonds. The van der Waals surface area contributed by atoms with Gasteiger partial charge in [0.15, 0.2) is 0 Å². The second-order valence-corrected chi connectivity index (χ2v) is 14.8. The molecule has 8 nitrogen and oxygen atoms in total. The van der Waals surface area contributed by atoms with Gasteiger partial charge in [-0.3, -0.25) is 9.59 Å². The normalized spacial score (nSPS) is 26.0. The molecule has 46 heavy (non-hydrogen) atoms. The van der Waals surface area contributed by atoms with Crippen LogP contribution in [0.15, 0.2) is 48.8 Å². The first-order valence-corrected chi connectivity index (χ1v) is 17.0. The summed E-state index contributed by atoms with van der Waals surface area (Å²) in [6, 6.07) is 13.5. The molecule has 6 atom stereocenters. The molecule has 8 rings (SSSR count). The van der Waals surface area contributed by atoms with Crippen molar-refractivity contribution >= 4 is 22.6 Å². The first-order chi connectivity index (χ1) is 22.2. The monoisotopic (exact) mass is 614 g/mol. The fourth-order valence-electron chi connectivity index (χ4n) is 7.87. The summed E-state index contributed by atoms with van der Waals surface area (Å²) in [5.74, 6) is 10.7. The Hall–Kier alpha value is -4.38. The molecule has 236 valence electrons. The number of nitrogens with zero attached hydrogens (tertiary/aromatic N) is 4. The molecule has 0 radical (unpaired) electrons. The second-order valence-electron chi connectivity index (χ2n) is 14.8. The molecule has 0 bridgehead atoms. The van der Waals surface area contributed by atoms with E-state index >= 15 is 0 Å². The van der Waals surface area contributed by atoms with Crippen molar-refractivity contribution in [3.8, 4) is 23.1 Å². The Kier molecular flexibility index (Phi) is 7.04. The third kappa shape index (κ3) is 5.40. The van der Waals surface area contributed by atoms with E-state index in [0.717, 1.165) is 64.9 Å². The predicted molar refractivity (Wildman–Crippen MR) is 177 cm³/mol. The molecule has 0 spiro atoms. The number of likely N-dealkylation sites (tertiary alicyclic amines) is 2. The van der Waals surface area contributed by atoms with Gasteiger partial charge in [0.25, 0.3) is 0 Å². The number of fused-ring (bicyclic) bond motifs is 3. The van der Waals surface area contributed by atoms with Crippen molar-refractivity contribution in [3.63, 3.8) is 0 Å². The van der Waals surface area contributed by atoms with Crippen LogP contribution in [0.3, 0.4) is 0 Å². The number of H-pyrrole nitrogens is 2. The first-order valence-electron chi connectivity index (χ1n) is 17.0. The van der Waals surface area contributed by atoms with Crippen molar-refractivity contribution < 1.29 is 9.59 Å². The van der Waals surface area contributed by atoms with Gasteiger partial charge in [0, 0.05) is 48.4 Å². The number of aromatic nitrogens is 4. The van der Waals surface area contributed by atoms with Crippen molar-refractivity contribution in [2.45, 2.75) is 90.4 Å². The van der Waals surface area contributed by atoms with Crippen LogP contribution < -0.4 is 0 Å². The minimum Gasteiger partial charge on any atom is -0.346 e. The van der Waals surface area contributed by atoms with Crippen molar-refractivity contribution in [2.24, 2.45) is 23.7 Å². The molecule has 4 aromatic rings. The van der Waals surface area contributed by atoms with Gasteiger partial charge in [-0.25, -0.2) is 9.97 Å². The van der Waals surface area contributed by atoms with Crippen LogP contribution in [0.2, 0.25) is 0 Å². The number of amides is 2. The number of imidazole rings is 2. The number of hydrogen-bond acceptors (Lipinski definition) is 4. The molecule has 0 unspecified atom stereocenters. The van der Waals surface area contributed by atoms with Crippen molar-refractivity contribution in [1.29, 1.82) is 0 Å². The maximum absolute atomic E-state index is 13.0. The van der Waals surface area contributed by atoms with Gasteiger partial charge >= 0.3 is 0 Å². The summed E-state index contributed by atoms with van der Waals surface area (Å²) in [5, 5.41) is 2.23. The van der Waals surface area contributed by atoms with E-state index in [1.807, 2.05) is 18.5 Å². The summed E-state index contributed by atoms with van der Waals surface area (Å²) in [6.45, 7) is 8.40. The van der Waals surface area contributed by atoms with Crippen LogP contribution in [-0.4, -0.2) is 53.6 Å². The summed E-state index contributed by atoms with van der Waals surface area (Å²) in [5.41, 5.74) is 3.57. The zero-order chi connectivity index (χ0) is 31.7. The van der Waals surface area contributed by atoms with Gasteiger partial charge in [-0.2, -0.15) is 0 Å². The highest BCUT2D eigenvalue weighted by atomic mass is 16.2. The molecule has 2 saturated carbocycles. The van der Waals surface area contributed by atoms with Gasteiger partial charge in [0.1, 0.15) is 17.3 Å². The summed E-state index contributed by atoms with van der Waals surface area (Å²) in [7, 11) is 0. The quantitative estimate of drug-likeness (QED) is 0.225. The van der Waals surface area contributed by atoms with Gasteiger partial charge < -0.3 is 19.8 Å². The van der Waals surface area contributed by atoms with Crippen LogP contribution in [0, 0.1) is 35.5 Å². The number of rotatable bonds is 7. The van der Waals surface area contributed by atoms with Gasteiger partial charge in [-0.05, 0) is 84.2 Å². The van der Waals surface area contributed by atoms with Crippen LogP contribution in [0.4, 0.5) is 0 Å². The Labute approximate surface area is 270 Å². The van der Waals surface area contributed by atoms with E-state index in [9.17, 15) is 9.59 Å². The summed E-state index contributed by atoms with van der Waals surface area (Å²) in [4.78, 5) is 46.7. The third-order valence-electron chi connectivity index (χ3n) is 10.2. The summed E-state index contributed by atoms with van der Waals surface area (Å²) < 4.78 is 0. The van der Waals surface area contributed by atoms with Crippen LogP contribution in [0.1, 0.15) is 101 Å². The van der Waals surface area contributed by atoms with Crippen LogP contribution >= 0.6 is 0 Å². The zero-order valence-corrected chi connectivity index (χ0v) is 27.1. The van der Waals surface area contributed by atoms with E-state index in [2.05, 4.69) is 89.6 Å². The van der Waals surface area contributed by atoms with Crippen molar-refractivity contribution in [1.82, 2.24) is 29.7 Å². The lowest BCUT2D eigenvalue weighted by molar-refractivity contribution is -0.135. The lowest BCUT2D eigenvalue weighted by Gasteiger charge is -2.27. The average Bonchev–Trinajstić information content (AvgIpc) is 3.63. The summed E-state index contributed by atoms with van der Waals surface area (Å²) >= 11 is 0. The maximum atomic E-state index is 13.0. The Morgan fingerprint density at radius 2 is 1.35 bits per heavy atom. The fraction of sp³-hybridized carbons (Fsp3) is 0.474. The standard InChI is InChI=1S/C38H42N6O2/c1-21(2)11-35(45)43-31-15-27(31)17-33(43)37-39-19-29(41-37)10-6-23-5-7-25-14-26(9-8-24(25)13-23)30-20-40-38(42-30)34-18-28-16-32(28)44(34)36(46)12-22(3)4/h5,7-9,13-14,19-22,27-28,31-34H,11-12,15-18H2,1-4H3,(H,39,41)(H,40,42)/t27-,28-,31-,32-,33+,34+/m1/s1. The minimum absolute atomic E-state index is 0.0288. The largest absolute Gasteiger partial charge is 0.346 e. The highest BCUT2D eigenvalue weighted by Gasteiger charge is 2.55. The Morgan fingerprint density at radius 3 is 2.00 bits per heavy atom. The molecule has 2 N–H and O–H groups in total. The predicted octanol–water partition coefficient (Wildman–Crippen LogP) is 6.77. The van der Waals surface area contributed by atoms with Crippen molar-refractivity contribution in [2.75, 3.05) is 0 Å². The number of piperidine rings is 2. The molecular weight excluding hydrogens is 572 g/mol. The van der Waals surface area contributed by atoms with Crippen molar-refractivity contribution in [3.05, 3.63) is 71.7 Å². The van der Waals surface area contributed by atoms with E-state index in [1.54, 1.807) is 0 Å². The Balaban J connectivity index is 0.963. The molecule has 2 aromatic heterocycles. The molecule has 2 aliphatic carbocycles. The number of aromatic amines is 2. The van der Waals surface area contributed by atoms with Gasteiger partial charge in [0.05, 0.1) is 17.8 Å². The zero-order valence-electron chi connectivity index (χ0n) is 27.1. The highest BCUT2D eigenvalue weighted by molar-refractivity contribution is 5.88. The molecule has 4 aliphatic rings. The van der Waals surface area contributed by atoms with Gasteiger partial charge in [-0.15, -0.1) is 0 Å². The number of nitrogens with one attached hydrogen (secondary N) is 2. The molecule has 2 aromatic carbocycles. The first kappa shape index (κ1) is 29.1. The van der Waals surface area contributed by atoms with E-state index in [1.165, 1.54) is 0 Å².